The van der Waals surface area contributed by atoms with Gasteiger partial charge < -0.3 is 20.8 Å². The predicted molar refractivity (Wildman–Crippen MR) is 83.4 cm³/mol. The van der Waals surface area contributed by atoms with Crippen LogP contribution in [0.2, 0.25) is 5.02 Å². The summed E-state index contributed by atoms with van der Waals surface area (Å²) >= 11 is 6.02. The zero-order valence-corrected chi connectivity index (χ0v) is 12.6. The monoisotopic (exact) mass is 308 g/mol. The van der Waals surface area contributed by atoms with E-state index in [1.165, 1.54) is 0 Å². The van der Waals surface area contributed by atoms with Crippen LogP contribution in [0.5, 0.6) is 0 Å². The quantitative estimate of drug-likeness (QED) is 0.511. The fraction of sp³-hybridized carbons (Fsp3) is 0.286. The van der Waals surface area contributed by atoms with E-state index in [2.05, 4.69) is 4.99 Å². The van der Waals surface area contributed by atoms with Gasteiger partial charge in [-0.15, -0.1) is 0 Å². The number of nitrogens with zero attached hydrogens (tertiary/aromatic N) is 2. The van der Waals surface area contributed by atoms with E-state index in [9.17, 15) is 4.79 Å². The highest BCUT2D eigenvalue weighted by atomic mass is 35.5. The Bertz CT molecular complexity index is 717. The Labute approximate surface area is 127 Å². The topological polar surface area (TPSA) is 95.6 Å². The van der Waals surface area contributed by atoms with Crippen LogP contribution in [0.3, 0.4) is 0 Å². The van der Waals surface area contributed by atoms with Crippen LogP contribution in [0.15, 0.2) is 23.2 Å². The van der Waals surface area contributed by atoms with Gasteiger partial charge in [-0.2, -0.15) is 0 Å². The first-order valence-electron chi connectivity index (χ1n) is 6.45. The Balaban J connectivity index is 2.68. The minimum atomic E-state index is -0.397. The Morgan fingerprint density at radius 3 is 2.76 bits per heavy atom. The molecule has 1 aromatic carbocycles. The van der Waals surface area contributed by atoms with Crippen molar-refractivity contribution >= 4 is 34.4 Å². The minimum absolute atomic E-state index is 0.0342. The lowest BCUT2D eigenvalue weighted by molar-refractivity contribution is 0.0527. The van der Waals surface area contributed by atoms with Gasteiger partial charge in [0.05, 0.1) is 29.9 Å². The highest BCUT2D eigenvalue weighted by molar-refractivity contribution is 6.31. The van der Waals surface area contributed by atoms with Crippen molar-refractivity contribution in [2.24, 2.45) is 23.5 Å². The molecule has 21 heavy (non-hydrogen) atoms. The molecule has 0 unspecified atom stereocenters. The molecule has 0 atom stereocenters. The van der Waals surface area contributed by atoms with Crippen LogP contribution in [-0.2, 0) is 18.3 Å². The lowest BCUT2D eigenvalue weighted by Gasteiger charge is -2.05. The van der Waals surface area contributed by atoms with Crippen LogP contribution < -0.4 is 11.5 Å². The third-order valence-electron chi connectivity index (χ3n) is 3.17. The molecular weight excluding hydrogens is 292 g/mol. The molecule has 0 fully saturated rings. The van der Waals surface area contributed by atoms with E-state index in [0.717, 1.165) is 10.9 Å². The maximum atomic E-state index is 12.2. The van der Waals surface area contributed by atoms with E-state index in [0.29, 0.717) is 22.9 Å². The van der Waals surface area contributed by atoms with Crippen molar-refractivity contribution in [1.29, 1.82) is 0 Å². The Morgan fingerprint density at radius 1 is 1.43 bits per heavy atom. The number of esters is 1. The predicted octanol–water partition coefficient (Wildman–Crippen LogP) is 1.78. The van der Waals surface area contributed by atoms with Crippen molar-refractivity contribution in [3.05, 3.63) is 34.5 Å². The average molecular weight is 309 g/mol. The van der Waals surface area contributed by atoms with Crippen LogP contribution in [0.4, 0.5) is 0 Å². The zero-order valence-electron chi connectivity index (χ0n) is 11.9. The van der Waals surface area contributed by atoms with Gasteiger partial charge in [0.15, 0.2) is 5.96 Å². The number of hydrogen-bond donors (Lipinski definition) is 2. The fourth-order valence-electron chi connectivity index (χ4n) is 2.24. The first-order valence-corrected chi connectivity index (χ1v) is 6.82. The molecule has 0 bridgehead atoms. The van der Waals surface area contributed by atoms with E-state index in [1.807, 2.05) is 11.6 Å². The van der Waals surface area contributed by atoms with Gasteiger partial charge in [-0.3, -0.25) is 0 Å². The Hall–Kier alpha value is -2.21. The largest absolute Gasteiger partial charge is 0.462 e. The molecule has 0 aliphatic rings. The van der Waals surface area contributed by atoms with Gasteiger partial charge in [-0.25, -0.2) is 9.79 Å². The maximum Gasteiger partial charge on any atom is 0.340 e. The van der Waals surface area contributed by atoms with E-state index in [1.54, 1.807) is 25.1 Å². The third kappa shape index (κ3) is 2.95. The van der Waals surface area contributed by atoms with Crippen molar-refractivity contribution in [1.82, 2.24) is 4.57 Å². The number of hydrogen-bond acceptors (Lipinski definition) is 3. The first-order chi connectivity index (χ1) is 9.95. The molecule has 6 nitrogen and oxygen atoms in total. The third-order valence-corrected chi connectivity index (χ3v) is 3.41. The number of rotatable bonds is 4. The highest BCUT2D eigenvalue weighted by Crippen LogP contribution is 2.29. The smallest absolute Gasteiger partial charge is 0.340 e. The second-order valence-electron chi connectivity index (χ2n) is 4.50. The van der Waals surface area contributed by atoms with Crippen molar-refractivity contribution in [2.75, 3.05) is 6.61 Å². The Kier molecular flexibility index (Phi) is 4.37. The van der Waals surface area contributed by atoms with Crippen molar-refractivity contribution in [3.8, 4) is 0 Å². The van der Waals surface area contributed by atoms with Gasteiger partial charge in [-0.05, 0) is 19.1 Å². The van der Waals surface area contributed by atoms with Gasteiger partial charge in [0.2, 0.25) is 0 Å². The molecule has 0 saturated carbocycles. The summed E-state index contributed by atoms with van der Waals surface area (Å²) in [5.74, 6) is -0.431. The van der Waals surface area contributed by atoms with Crippen LogP contribution >= 0.6 is 11.6 Å². The number of ether oxygens (including phenoxy) is 1. The number of aromatic nitrogens is 1. The number of fused-ring (bicyclic) bond motifs is 1. The number of carbonyl (C=O) groups excluding carboxylic acids is 1. The summed E-state index contributed by atoms with van der Waals surface area (Å²) in [6.45, 7) is 2.25. The molecule has 0 spiro atoms. The molecule has 2 rings (SSSR count). The van der Waals surface area contributed by atoms with Crippen molar-refractivity contribution < 1.29 is 9.53 Å². The summed E-state index contributed by atoms with van der Waals surface area (Å²) in [6, 6.07) is 5.32. The SMILES string of the molecule is CCOC(=O)c1c(CN=C(N)N)n(C)c2cc(Cl)ccc12. The average Bonchev–Trinajstić information content (AvgIpc) is 2.69. The standard InChI is InChI=1S/C14H17ClN4O2/c1-3-21-13(20)12-9-5-4-8(15)6-10(9)19(2)11(12)7-18-14(16)17/h4-6H,3,7H2,1-2H3,(H4,16,17,18). The van der Waals surface area contributed by atoms with Crippen molar-refractivity contribution in [3.63, 3.8) is 0 Å². The fourth-order valence-corrected chi connectivity index (χ4v) is 2.41. The molecule has 112 valence electrons. The highest BCUT2D eigenvalue weighted by Gasteiger charge is 2.22. The first kappa shape index (κ1) is 15.2. The number of guanidine groups is 1. The number of halogens is 1. The molecule has 1 aromatic heterocycles. The van der Waals surface area contributed by atoms with Gasteiger partial charge in [-0.1, -0.05) is 17.7 Å². The van der Waals surface area contributed by atoms with Gasteiger partial charge in [0.25, 0.3) is 0 Å². The number of aliphatic imine (C=N–C) groups is 1. The number of aryl methyl sites for hydroxylation is 1. The Morgan fingerprint density at radius 2 is 2.14 bits per heavy atom. The van der Waals surface area contributed by atoms with Gasteiger partial charge in [0.1, 0.15) is 0 Å². The molecule has 1 heterocycles. The van der Waals surface area contributed by atoms with E-state index in [-0.39, 0.29) is 12.5 Å². The van der Waals surface area contributed by atoms with Crippen LogP contribution in [0.25, 0.3) is 10.9 Å². The molecule has 4 N–H and O–H groups in total. The normalized spacial score (nSPS) is 10.6. The molecule has 0 aliphatic heterocycles. The van der Waals surface area contributed by atoms with E-state index >= 15 is 0 Å². The minimum Gasteiger partial charge on any atom is -0.462 e. The number of carbonyl (C=O) groups is 1. The van der Waals surface area contributed by atoms with Crippen LogP contribution in [0, 0.1) is 0 Å². The number of benzene rings is 1. The number of nitrogens with two attached hydrogens (primary N) is 2. The molecule has 0 saturated heterocycles. The van der Waals surface area contributed by atoms with Crippen molar-refractivity contribution in [2.45, 2.75) is 13.5 Å². The van der Waals surface area contributed by atoms with Crippen LogP contribution in [0.1, 0.15) is 23.0 Å². The second-order valence-corrected chi connectivity index (χ2v) is 4.94. The zero-order chi connectivity index (χ0) is 15.6. The lowest BCUT2D eigenvalue weighted by Crippen LogP contribution is -2.23. The summed E-state index contributed by atoms with van der Waals surface area (Å²) in [5, 5.41) is 1.35. The summed E-state index contributed by atoms with van der Waals surface area (Å²) in [6.07, 6.45) is 0. The molecule has 7 heteroatoms. The molecule has 0 radical (unpaired) electrons. The van der Waals surface area contributed by atoms with E-state index in [4.69, 9.17) is 27.8 Å². The van der Waals surface area contributed by atoms with E-state index < -0.39 is 5.97 Å². The summed E-state index contributed by atoms with van der Waals surface area (Å²) in [7, 11) is 1.83. The molecular formula is C14H17ClN4O2. The summed E-state index contributed by atoms with van der Waals surface area (Å²) in [4.78, 5) is 16.2. The molecule has 2 aromatic rings. The lowest BCUT2D eigenvalue weighted by atomic mass is 10.1. The van der Waals surface area contributed by atoms with Crippen LogP contribution in [-0.4, -0.2) is 23.1 Å². The van der Waals surface area contributed by atoms with Gasteiger partial charge >= 0.3 is 5.97 Å². The van der Waals surface area contributed by atoms with Gasteiger partial charge in [0, 0.05) is 17.5 Å². The molecule has 0 aliphatic carbocycles. The summed E-state index contributed by atoms with van der Waals surface area (Å²) in [5.41, 5.74) is 12.7. The summed E-state index contributed by atoms with van der Waals surface area (Å²) < 4.78 is 6.98. The second kappa shape index (κ2) is 6.05. The molecule has 0 amide bonds. The maximum absolute atomic E-state index is 12.2.